The molecule has 150 valence electrons. The van der Waals surface area contributed by atoms with Gasteiger partial charge in [-0.05, 0) is 30.2 Å². The van der Waals surface area contributed by atoms with Gasteiger partial charge in [0.15, 0.2) is 17.8 Å². The molecule has 5 rings (SSSR count). The Morgan fingerprint density at radius 1 is 1.24 bits per heavy atom. The summed E-state index contributed by atoms with van der Waals surface area (Å²) in [5.74, 6) is -3.52. The van der Waals surface area contributed by atoms with Crippen LogP contribution in [0.1, 0.15) is 12.0 Å². The van der Waals surface area contributed by atoms with Gasteiger partial charge in [-0.3, -0.25) is 9.59 Å². The second-order valence-corrected chi connectivity index (χ2v) is 7.68. The van der Waals surface area contributed by atoms with Gasteiger partial charge in [-0.1, -0.05) is 6.07 Å². The number of carbonyl (C=O) groups excluding carboxylic acids is 1. The van der Waals surface area contributed by atoms with Crippen LogP contribution in [0, 0.1) is 11.8 Å². The molecule has 2 aliphatic rings. The van der Waals surface area contributed by atoms with E-state index in [2.05, 4.69) is 10.1 Å². The molecular weight excluding hydrogens is 382 g/mol. The zero-order valence-electron chi connectivity index (χ0n) is 15.4. The van der Waals surface area contributed by atoms with E-state index in [9.17, 15) is 18.4 Å². The second kappa shape index (κ2) is 6.47. The van der Waals surface area contributed by atoms with Gasteiger partial charge in [-0.15, -0.1) is 0 Å². The highest BCUT2D eigenvalue weighted by molar-refractivity contribution is 5.82. The Balaban J connectivity index is 1.30. The average Bonchev–Trinajstić information content (AvgIpc) is 3.03. The van der Waals surface area contributed by atoms with E-state index < -0.39 is 23.3 Å². The average molecular weight is 400 g/mol. The standard InChI is InChI=1S/C20H18F2N4O3/c21-20(22)14-5-6-25(10-15(14)20)18-3-4-19(28)26(24-18)9-13(27)7-12-1-2-17-16(8-12)23-11-29-17/h1-4,8,11,14-15H,5-7,9-10H2. The number of alkyl halides is 2. The van der Waals surface area contributed by atoms with Crippen molar-refractivity contribution in [1.29, 1.82) is 0 Å². The predicted molar refractivity (Wildman–Crippen MR) is 100.0 cm³/mol. The highest BCUT2D eigenvalue weighted by atomic mass is 19.3. The van der Waals surface area contributed by atoms with Crippen LogP contribution in [-0.4, -0.2) is 39.6 Å². The van der Waals surface area contributed by atoms with Gasteiger partial charge in [-0.2, -0.15) is 5.10 Å². The van der Waals surface area contributed by atoms with Gasteiger partial charge in [0, 0.05) is 37.4 Å². The van der Waals surface area contributed by atoms with E-state index in [1.54, 1.807) is 23.1 Å². The van der Waals surface area contributed by atoms with Crippen LogP contribution in [0.4, 0.5) is 14.6 Å². The maximum atomic E-state index is 13.6. The van der Waals surface area contributed by atoms with Crippen LogP contribution in [0.25, 0.3) is 11.1 Å². The molecule has 1 saturated carbocycles. The number of benzene rings is 1. The number of nitrogens with zero attached hydrogens (tertiary/aromatic N) is 4. The van der Waals surface area contributed by atoms with Crippen LogP contribution in [-0.2, 0) is 17.8 Å². The molecule has 1 saturated heterocycles. The SMILES string of the molecule is O=C(Cc1ccc2ocnc2c1)Cn1nc(N2CCC3C(C2)C3(F)F)ccc1=O. The highest BCUT2D eigenvalue weighted by Crippen LogP contribution is 2.59. The van der Waals surface area contributed by atoms with Crippen LogP contribution < -0.4 is 10.5 Å². The lowest BCUT2D eigenvalue weighted by Crippen LogP contribution is -2.35. The Kier molecular flexibility index (Phi) is 4.01. The number of carbonyl (C=O) groups is 1. The van der Waals surface area contributed by atoms with Crippen LogP contribution in [0.2, 0.25) is 0 Å². The van der Waals surface area contributed by atoms with Crippen LogP contribution in [0.5, 0.6) is 0 Å². The fraction of sp³-hybridized carbons (Fsp3) is 0.400. The highest BCUT2D eigenvalue weighted by Gasteiger charge is 2.69. The molecule has 7 nitrogen and oxygen atoms in total. The van der Waals surface area contributed by atoms with E-state index >= 15 is 0 Å². The molecule has 1 aliphatic carbocycles. The maximum absolute atomic E-state index is 13.6. The number of hydrogen-bond acceptors (Lipinski definition) is 6. The number of hydrogen-bond donors (Lipinski definition) is 0. The minimum absolute atomic E-state index is 0.126. The van der Waals surface area contributed by atoms with Crippen molar-refractivity contribution in [2.75, 3.05) is 18.0 Å². The summed E-state index contributed by atoms with van der Waals surface area (Å²) in [7, 11) is 0. The van der Waals surface area contributed by atoms with Gasteiger partial charge in [-0.25, -0.2) is 18.4 Å². The first-order chi connectivity index (χ1) is 13.9. The van der Waals surface area contributed by atoms with Crippen molar-refractivity contribution >= 4 is 22.7 Å². The van der Waals surface area contributed by atoms with Gasteiger partial charge < -0.3 is 9.32 Å². The largest absolute Gasteiger partial charge is 0.443 e. The molecule has 0 spiro atoms. The number of aromatic nitrogens is 3. The van der Waals surface area contributed by atoms with Gasteiger partial charge in [0.1, 0.15) is 17.9 Å². The minimum Gasteiger partial charge on any atom is -0.443 e. The Morgan fingerprint density at radius 3 is 2.93 bits per heavy atom. The van der Waals surface area contributed by atoms with Gasteiger partial charge in [0.25, 0.3) is 11.5 Å². The van der Waals surface area contributed by atoms with E-state index in [1.807, 2.05) is 0 Å². The normalized spacial score (nSPS) is 22.5. The lowest BCUT2D eigenvalue weighted by atomic mass is 10.1. The number of piperidine rings is 1. The minimum atomic E-state index is -2.59. The molecule has 2 fully saturated rings. The first-order valence-electron chi connectivity index (χ1n) is 9.46. The molecule has 0 amide bonds. The summed E-state index contributed by atoms with van der Waals surface area (Å²) in [6.07, 6.45) is 1.87. The van der Waals surface area contributed by atoms with E-state index in [0.29, 0.717) is 29.9 Å². The third-order valence-electron chi connectivity index (χ3n) is 5.79. The zero-order valence-corrected chi connectivity index (χ0v) is 15.4. The number of rotatable bonds is 5. The van der Waals surface area contributed by atoms with Crippen LogP contribution in [0.15, 0.2) is 45.9 Å². The third kappa shape index (κ3) is 3.20. The van der Waals surface area contributed by atoms with Crippen LogP contribution >= 0.6 is 0 Å². The molecule has 1 aromatic carbocycles. The molecule has 29 heavy (non-hydrogen) atoms. The first kappa shape index (κ1) is 18.0. The number of Topliss-reactive ketones (excluding diaryl/α,β-unsaturated/α-hetero) is 1. The van der Waals surface area contributed by atoms with Crippen molar-refractivity contribution < 1.29 is 18.0 Å². The van der Waals surface area contributed by atoms with E-state index in [4.69, 9.17) is 4.42 Å². The first-order valence-corrected chi connectivity index (χ1v) is 9.46. The molecule has 0 radical (unpaired) electrons. The molecule has 3 heterocycles. The molecular formula is C20H18F2N4O3. The number of fused-ring (bicyclic) bond motifs is 2. The fourth-order valence-electron chi connectivity index (χ4n) is 4.12. The lowest BCUT2D eigenvalue weighted by molar-refractivity contribution is -0.119. The molecule has 2 aromatic heterocycles. The lowest BCUT2D eigenvalue weighted by Gasteiger charge is -2.26. The number of oxazole rings is 1. The number of anilines is 1. The Labute approximate surface area is 163 Å². The van der Waals surface area contributed by atoms with E-state index in [1.165, 1.54) is 18.5 Å². The van der Waals surface area contributed by atoms with Crippen molar-refractivity contribution in [3.8, 4) is 0 Å². The van der Waals surface area contributed by atoms with Crippen LogP contribution in [0.3, 0.4) is 0 Å². The summed E-state index contributed by atoms with van der Waals surface area (Å²) >= 11 is 0. The summed E-state index contributed by atoms with van der Waals surface area (Å²) in [4.78, 5) is 30.5. The van der Waals surface area contributed by atoms with Gasteiger partial charge >= 0.3 is 0 Å². The summed E-state index contributed by atoms with van der Waals surface area (Å²) in [6, 6.07) is 8.14. The van der Waals surface area contributed by atoms with E-state index in [0.717, 1.165) is 10.2 Å². The van der Waals surface area contributed by atoms with Crippen molar-refractivity contribution in [2.45, 2.75) is 25.3 Å². The van der Waals surface area contributed by atoms with Crippen molar-refractivity contribution in [1.82, 2.24) is 14.8 Å². The van der Waals surface area contributed by atoms with Gasteiger partial charge in [0.05, 0.1) is 0 Å². The molecule has 0 bridgehead atoms. The Hall–Kier alpha value is -3.10. The maximum Gasteiger partial charge on any atom is 0.267 e. The third-order valence-corrected chi connectivity index (χ3v) is 5.79. The van der Waals surface area contributed by atoms with Gasteiger partial charge in [0.2, 0.25) is 0 Å². The Bertz CT molecular complexity index is 1160. The van der Waals surface area contributed by atoms with E-state index in [-0.39, 0.29) is 25.3 Å². The fourth-order valence-corrected chi connectivity index (χ4v) is 4.12. The number of halogens is 2. The summed E-state index contributed by atoms with van der Waals surface area (Å²) in [5, 5.41) is 4.26. The van der Waals surface area contributed by atoms with Crippen molar-refractivity contribution in [2.24, 2.45) is 11.8 Å². The molecule has 9 heteroatoms. The quantitative estimate of drug-likeness (QED) is 0.654. The van der Waals surface area contributed by atoms with Crippen molar-refractivity contribution in [3.05, 3.63) is 52.6 Å². The molecule has 0 N–H and O–H groups in total. The molecule has 1 aliphatic heterocycles. The second-order valence-electron chi connectivity index (χ2n) is 7.68. The predicted octanol–water partition coefficient (Wildman–Crippen LogP) is 2.29. The zero-order chi connectivity index (χ0) is 20.2. The Morgan fingerprint density at radius 2 is 2.10 bits per heavy atom. The van der Waals surface area contributed by atoms with Crippen molar-refractivity contribution in [3.63, 3.8) is 0 Å². The molecule has 2 unspecified atom stereocenters. The summed E-state index contributed by atoms with van der Waals surface area (Å²) in [5.41, 5.74) is 1.66. The number of ketones is 1. The topological polar surface area (TPSA) is 81.2 Å². The smallest absolute Gasteiger partial charge is 0.267 e. The summed E-state index contributed by atoms with van der Waals surface area (Å²) in [6.45, 7) is 0.502. The molecule has 3 aromatic rings. The summed E-state index contributed by atoms with van der Waals surface area (Å²) < 4.78 is 33.5. The molecule has 2 atom stereocenters. The monoisotopic (exact) mass is 400 g/mol.